The van der Waals surface area contributed by atoms with Crippen LogP contribution >= 0.6 is 7.82 Å². The third-order valence-electron chi connectivity index (χ3n) is 7.83. The van der Waals surface area contributed by atoms with Crippen LogP contribution in [0.4, 0.5) is 0 Å². The summed E-state index contributed by atoms with van der Waals surface area (Å²) >= 11 is 0. The molecule has 10 heteroatoms. The van der Waals surface area contributed by atoms with Gasteiger partial charge in [-0.15, -0.1) is 0 Å². The van der Waals surface area contributed by atoms with E-state index in [1.54, 1.807) is 0 Å². The molecule has 0 aliphatic rings. The topological polar surface area (TPSA) is 139 Å². The molecular weight excluding hydrogens is 593 g/mol. The van der Waals surface area contributed by atoms with Gasteiger partial charge in [0, 0.05) is 12.8 Å². The van der Waals surface area contributed by atoms with Crippen LogP contribution in [0.2, 0.25) is 0 Å². The number of ether oxygens (including phenoxy) is 2. The predicted molar refractivity (Wildman–Crippen MR) is 179 cm³/mol. The fraction of sp³-hybridized carbons (Fsp3) is 0.943. The van der Waals surface area contributed by atoms with E-state index in [2.05, 4.69) is 33.4 Å². The number of hydrogen-bond acceptors (Lipinski definition) is 8. The molecule has 0 heterocycles. The average molecular weight is 664 g/mol. The minimum absolute atomic E-state index is 0.101. The van der Waals surface area contributed by atoms with Gasteiger partial charge in [0.15, 0.2) is 6.10 Å². The van der Waals surface area contributed by atoms with Crippen LogP contribution in [0.3, 0.4) is 0 Å². The van der Waals surface area contributed by atoms with E-state index in [0.29, 0.717) is 11.8 Å². The summed E-state index contributed by atoms with van der Waals surface area (Å²) in [7, 11) is -4.57. The molecule has 0 aliphatic carbocycles. The Balaban J connectivity index is 4.25. The van der Waals surface area contributed by atoms with Crippen LogP contribution in [0.1, 0.15) is 175 Å². The summed E-state index contributed by atoms with van der Waals surface area (Å²) in [5.74, 6) is -0.845. The first-order valence-corrected chi connectivity index (χ1v) is 19.7. The van der Waals surface area contributed by atoms with Crippen molar-refractivity contribution in [1.29, 1.82) is 0 Å². The number of phosphoric ester groups is 1. The summed E-state index contributed by atoms with van der Waals surface area (Å²) in [6.45, 7) is 8.53. The molecule has 3 N–H and O–H groups in total. The summed E-state index contributed by atoms with van der Waals surface area (Å²) < 4.78 is 32.3. The van der Waals surface area contributed by atoms with Gasteiger partial charge in [-0.2, -0.15) is 0 Å². The van der Waals surface area contributed by atoms with E-state index >= 15 is 0 Å². The molecule has 1 unspecified atom stereocenters. The van der Waals surface area contributed by atoms with Crippen molar-refractivity contribution in [2.24, 2.45) is 5.41 Å². The molecule has 0 fully saturated rings. The van der Waals surface area contributed by atoms with E-state index in [0.717, 1.165) is 32.1 Å². The number of rotatable bonds is 32. The third kappa shape index (κ3) is 32.7. The van der Waals surface area contributed by atoms with Gasteiger partial charge in [-0.1, -0.05) is 143 Å². The number of quaternary nitrogens is 1. The zero-order valence-electron chi connectivity index (χ0n) is 29.6. The number of esters is 2. The molecule has 0 aliphatic heterocycles. The van der Waals surface area contributed by atoms with Gasteiger partial charge < -0.3 is 29.1 Å². The van der Waals surface area contributed by atoms with Gasteiger partial charge in [0.1, 0.15) is 13.2 Å². The van der Waals surface area contributed by atoms with E-state index in [1.165, 1.54) is 96.3 Å². The first kappa shape index (κ1) is 44.0. The van der Waals surface area contributed by atoms with Crippen molar-refractivity contribution in [1.82, 2.24) is 0 Å². The average Bonchev–Trinajstić information content (AvgIpc) is 2.98. The SMILES string of the molecule is CCCCCCCCCCCCCCC(=O)O[C@@H](COC(=O)CCCCCCCCCCC(C)(C)C)COP(=O)([O-])OCC[NH3+]. The van der Waals surface area contributed by atoms with Crippen LogP contribution < -0.4 is 10.6 Å². The fourth-order valence-electron chi connectivity index (χ4n) is 5.10. The van der Waals surface area contributed by atoms with Crippen LogP contribution in [0, 0.1) is 5.41 Å². The Morgan fingerprint density at radius 2 is 1.11 bits per heavy atom. The van der Waals surface area contributed by atoms with Crippen molar-refractivity contribution in [3.05, 3.63) is 0 Å². The van der Waals surface area contributed by atoms with Gasteiger partial charge >= 0.3 is 11.9 Å². The molecule has 45 heavy (non-hydrogen) atoms. The van der Waals surface area contributed by atoms with Crippen LogP contribution in [0.25, 0.3) is 0 Å². The second kappa shape index (κ2) is 29.2. The maximum absolute atomic E-state index is 12.5. The Labute approximate surface area is 276 Å². The smallest absolute Gasteiger partial charge is 0.306 e. The lowest BCUT2D eigenvalue weighted by Gasteiger charge is -2.25. The molecule has 2 atom stereocenters. The largest absolute Gasteiger partial charge is 0.756 e. The van der Waals surface area contributed by atoms with Crippen LogP contribution in [0.5, 0.6) is 0 Å². The third-order valence-corrected chi connectivity index (χ3v) is 8.80. The molecule has 0 aromatic rings. The van der Waals surface area contributed by atoms with Gasteiger partial charge in [0.05, 0.1) is 13.2 Å². The minimum Gasteiger partial charge on any atom is -0.756 e. The van der Waals surface area contributed by atoms with E-state index in [4.69, 9.17) is 18.5 Å². The van der Waals surface area contributed by atoms with Gasteiger partial charge in [-0.05, 0) is 24.7 Å². The number of phosphoric acid groups is 1. The van der Waals surface area contributed by atoms with Crippen molar-refractivity contribution < 1.29 is 43.3 Å². The second-order valence-corrected chi connectivity index (χ2v) is 15.2. The Morgan fingerprint density at radius 1 is 0.667 bits per heavy atom. The highest BCUT2D eigenvalue weighted by Gasteiger charge is 2.21. The van der Waals surface area contributed by atoms with Gasteiger partial charge in [0.25, 0.3) is 7.82 Å². The quantitative estimate of drug-likeness (QED) is 0.0431. The van der Waals surface area contributed by atoms with Crippen LogP contribution in [-0.2, 0) is 32.7 Å². The zero-order chi connectivity index (χ0) is 33.7. The first-order chi connectivity index (χ1) is 21.5. The van der Waals surface area contributed by atoms with Crippen molar-refractivity contribution in [3.8, 4) is 0 Å². The highest BCUT2D eigenvalue weighted by Crippen LogP contribution is 2.38. The molecule has 0 radical (unpaired) electrons. The number of carbonyl (C=O) groups is 2. The second-order valence-electron chi connectivity index (χ2n) is 13.8. The zero-order valence-corrected chi connectivity index (χ0v) is 30.5. The highest BCUT2D eigenvalue weighted by atomic mass is 31.2. The Bertz CT molecular complexity index is 758. The lowest BCUT2D eigenvalue weighted by molar-refractivity contribution is -0.373. The molecule has 0 amide bonds. The van der Waals surface area contributed by atoms with E-state index in [1.807, 2.05) is 0 Å². The first-order valence-electron chi connectivity index (χ1n) is 18.2. The van der Waals surface area contributed by atoms with Crippen molar-refractivity contribution in [3.63, 3.8) is 0 Å². The molecule has 0 spiro atoms. The molecule has 0 saturated heterocycles. The van der Waals surface area contributed by atoms with Gasteiger partial charge in [-0.3, -0.25) is 14.2 Å². The molecule has 0 aromatic carbocycles. The van der Waals surface area contributed by atoms with Gasteiger partial charge in [0.2, 0.25) is 0 Å². The number of carbonyl (C=O) groups excluding carboxylic acids is 2. The molecule has 268 valence electrons. The lowest BCUT2D eigenvalue weighted by atomic mass is 9.89. The molecule has 0 aromatic heterocycles. The summed E-state index contributed by atoms with van der Waals surface area (Å²) in [5, 5.41) is 0. The summed E-state index contributed by atoms with van der Waals surface area (Å²) in [6, 6.07) is 0. The van der Waals surface area contributed by atoms with Crippen LogP contribution in [-0.4, -0.2) is 44.4 Å². The Kier molecular flexibility index (Phi) is 28.5. The van der Waals surface area contributed by atoms with Crippen molar-refractivity contribution in [2.45, 2.75) is 181 Å². The minimum atomic E-state index is -4.57. The lowest BCUT2D eigenvalue weighted by Crippen LogP contribution is -2.52. The van der Waals surface area contributed by atoms with Gasteiger partial charge in [-0.25, -0.2) is 0 Å². The fourth-order valence-corrected chi connectivity index (χ4v) is 5.88. The monoisotopic (exact) mass is 663 g/mol. The van der Waals surface area contributed by atoms with Crippen LogP contribution in [0.15, 0.2) is 0 Å². The Hall–Kier alpha value is -0.990. The normalized spacial score (nSPS) is 13.8. The van der Waals surface area contributed by atoms with E-state index < -0.39 is 32.5 Å². The molecule has 0 rings (SSSR count). The van der Waals surface area contributed by atoms with E-state index in [-0.39, 0.29) is 32.6 Å². The summed E-state index contributed by atoms with van der Waals surface area (Å²) in [5.41, 5.74) is 3.95. The molecule has 0 saturated carbocycles. The predicted octanol–water partition coefficient (Wildman–Crippen LogP) is 8.22. The number of hydrogen-bond donors (Lipinski definition) is 1. The summed E-state index contributed by atoms with van der Waals surface area (Å²) in [4.78, 5) is 36.7. The molecule has 9 nitrogen and oxygen atoms in total. The summed E-state index contributed by atoms with van der Waals surface area (Å²) in [6.07, 6.45) is 24.1. The maximum atomic E-state index is 12.5. The molecule has 0 bridgehead atoms. The number of unbranched alkanes of at least 4 members (excludes halogenated alkanes) is 18. The Morgan fingerprint density at radius 3 is 1.58 bits per heavy atom. The maximum Gasteiger partial charge on any atom is 0.306 e. The standard InChI is InChI=1S/C35H70NO8P/c1-5-6-7-8-9-10-11-12-13-17-20-23-26-34(38)44-32(31-43-45(39,40)42-29-28-36)30-41-33(37)25-22-19-16-14-15-18-21-24-27-35(2,3)4/h32H,5-31,36H2,1-4H3,(H,39,40)/t32-/m0/s1. The molecular formula is C35H70NO8P. The highest BCUT2D eigenvalue weighted by molar-refractivity contribution is 7.45. The van der Waals surface area contributed by atoms with Crippen molar-refractivity contribution >= 4 is 19.8 Å². The van der Waals surface area contributed by atoms with Crippen molar-refractivity contribution in [2.75, 3.05) is 26.4 Å². The van der Waals surface area contributed by atoms with E-state index in [9.17, 15) is 19.0 Å².